The smallest absolute Gasteiger partial charge is 0.223 e. The molecule has 4 aromatic carbocycles. The highest BCUT2D eigenvalue weighted by atomic mass is 32.2. The van der Waals surface area contributed by atoms with Gasteiger partial charge in [-0.2, -0.15) is 19.9 Å². The lowest BCUT2D eigenvalue weighted by Gasteiger charge is -2.17. The van der Waals surface area contributed by atoms with Crippen LogP contribution < -0.4 is 22.9 Å². The number of aromatic nitrogens is 20. The maximum Gasteiger partial charge on any atom is 0.223 e. The molecule has 21 rings (SSSR count). The Morgan fingerprint density at radius 2 is 0.451 bits per heavy atom. The van der Waals surface area contributed by atoms with E-state index >= 15 is 70.2 Å². The lowest BCUT2D eigenvalue weighted by atomic mass is 10.0. The molecule has 0 radical (unpaired) electrons. The van der Waals surface area contributed by atoms with E-state index in [2.05, 4.69) is 79.7 Å². The van der Waals surface area contributed by atoms with Crippen LogP contribution in [0.5, 0.6) is 0 Å². The molecule has 8 bridgehead atoms. The molecule has 60 heteroatoms. The molecule has 6 aliphatic heterocycles. The van der Waals surface area contributed by atoms with Crippen LogP contribution in [0.25, 0.3) is 136 Å². The number of fused-ring (bicyclic) bond motifs is 12. The van der Waals surface area contributed by atoms with E-state index in [4.69, 9.17) is 41.9 Å². The normalized spacial score (nSPS) is 22.8. The summed E-state index contributed by atoms with van der Waals surface area (Å²) in [5.41, 5.74) is -0.476. The van der Waals surface area contributed by atoms with Crippen molar-refractivity contribution in [2.24, 2.45) is 0 Å². The monoisotopic (exact) mass is 2090 g/mol. The fourth-order valence-electron chi connectivity index (χ4n) is 17.4. The molecule has 0 aliphatic carbocycles. The number of ether oxygens (including phenoxy) is 4. The largest absolute Gasteiger partial charge is 0.394 e. The average Bonchev–Trinajstić information content (AvgIpc) is 1.53. The van der Waals surface area contributed by atoms with Gasteiger partial charge in [0.2, 0.25) is 23.8 Å². The third-order valence-electron chi connectivity index (χ3n) is 24.2. The Hall–Kier alpha value is -13.5. The minimum Gasteiger partial charge on any atom is -0.394 e. The molecule has 0 spiro atoms. The first kappa shape index (κ1) is 96.6. The molecule has 0 amide bonds. The Morgan fingerprint density at radius 3 is 0.625 bits per heavy atom. The summed E-state index contributed by atoms with van der Waals surface area (Å²) in [4.78, 5) is 55.7. The van der Waals surface area contributed by atoms with Crippen molar-refractivity contribution in [1.29, 1.82) is 0 Å². The Balaban J connectivity index is 0.803. The summed E-state index contributed by atoms with van der Waals surface area (Å²) in [6.07, 6.45) is -20.1. The number of anilines is 4. The van der Waals surface area contributed by atoms with Crippen LogP contribution in [0.4, 0.5) is 94.0 Å². The number of aromatic amines is 2. The zero-order chi connectivity index (χ0) is 102. The molecule has 22 N–H and O–H groups in total. The molecular weight excluding hydrogens is 2030 g/mol. The Bertz CT molecular complexity index is 7200. The van der Waals surface area contributed by atoms with Crippen LogP contribution in [0.1, 0.15) is 47.7 Å². The van der Waals surface area contributed by atoms with Crippen LogP contribution >= 0.6 is 47.0 Å². The van der Waals surface area contributed by atoms with Gasteiger partial charge in [0.1, 0.15) is 115 Å². The summed E-state index contributed by atoms with van der Waals surface area (Å²) >= 11 is -0.841. The predicted molar refractivity (Wildman–Crippen MR) is 467 cm³/mol. The summed E-state index contributed by atoms with van der Waals surface area (Å²) in [5.74, 6) is -41.3. The van der Waals surface area contributed by atoms with Crippen molar-refractivity contribution in [2.45, 2.75) is 138 Å². The number of nitrogens with two attached hydrogens (primary N) is 4. The second-order valence-electron chi connectivity index (χ2n) is 32.5. The predicted octanol–water partition coefficient (Wildman–Crippen LogP) is 7.49. The van der Waals surface area contributed by atoms with Gasteiger partial charge in [0.05, 0.1) is 116 Å². The van der Waals surface area contributed by atoms with E-state index in [0.29, 0.717) is 48.6 Å². The molecule has 11 aromatic heterocycles. The summed E-state index contributed by atoms with van der Waals surface area (Å²) in [6.45, 7) is -3.35. The lowest BCUT2D eigenvalue weighted by molar-refractivity contribution is -0.0511. The quantitative estimate of drug-likeness (QED) is 0.0199. The minimum absolute atomic E-state index is 0.210. The van der Waals surface area contributed by atoms with Crippen molar-refractivity contribution in [3.8, 4) is 44.5 Å². The van der Waals surface area contributed by atoms with E-state index in [1.54, 1.807) is 0 Å². The van der Waals surface area contributed by atoms with Gasteiger partial charge in [0.25, 0.3) is 0 Å². The molecule has 746 valence electrons. The number of benzene rings is 4. The number of hydrogen-bond acceptors (Lipinski definition) is 38. The van der Waals surface area contributed by atoms with Crippen LogP contribution in [0.2, 0.25) is 0 Å². The molecule has 4 saturated heterocycles. The number of halogens is 16. The number of H-pyrrole nitrogens is 2. The first-order chi connectivity index (χ1) is 68.8. The van der Waals surface area contributed by atoms with Crippen molar-refractivity contribution >= 4 is 162 Å². The summed E-state index contributed by atoms with van der Waals surface area (Å²) < 4.78 is 315. The van der Waals surface area contributed by atoms with Gasteiger partial charge >= 0.3 is 0 Å². The van der Waals surface area contributed by atoms with Crippen LogP contribution in [0.15, 0.2) is 89.3 Å². The van der Waals surface area contributed by atoms with E-state index in [-0.39, 0.29) is 47.0 Å². The first-order valence-electron chi connectivity index (χ1n) is 41.7. The van der Waals surface area contributed by atoms with E-state index in [1.165, 1.54) is 0 Å². The Labute approximate surface area is 803 Å². The lowest BCUT2D eigenvalue weighted by Crippen LogP contribution is -2.33. The Kier molecular flexibility index (Phi) is 24.4. The zero-order valence-corrected chi connectivity index (χ0v) is 74.3. The third-order valence-corrected chi connectivity index (χ3v) is 28.4. The van der Waals surface area contributed by atoms with Crippen LogP contribution in [0.3, 0.4) is 0 Å². The molecular formula is C84H58F16N24O16S4. The molecule has 15 aromatic rings. The van der Waals surface area contributed by atoms with Crippen LogP contribution in [0, 0.1) is 93.1 Å². The average molecular weight is 2090 g/mol. The highest BCUT2D eigenvalue weighted by Gasteiger charge is 2.50. The van der Waals surface area contributed by atoms with E-state index < -0.39 is 415 Å². The number of aliphatic hydroxyl groups excluding tert-OH is 12. The van der Waals surface area contributed by atoms with Gasteiger partial charge in [0, 0.05) is 44.3 Å². The van der Waals surface area contributed by atoms with Crippen molar-refractivity contribution in [3.05, 3.63) is 165 Å². The van der Waals surface area contributed by atoms with Gasteiger partial charge in [0.15, 0.2) is 141 Å². The second-order valence-corrected chi connectivity index (χ2v) is 36.5. The van der Waals surface area contributed by atoms with Crippen molar-refractivity contribution < 1.29 is 150 Å². The number of nitrogen functional groups attached to an aromatic ring is 4. The summed E-state index contributed by atoms with van der Waals surface area (Å²) in [7, 11) is 0. The zero-order valence-electron chi connectivity index (χ0n) is 71.0. The number of rotatable bonds is 20. The van der Waals surface area contributed by atoms with E-state index in [1.807, 2.05) is 0 Å². The maximum absolute atomic E-state index is 18.3. The number of nitrogens with one attached hydrogen (secondary N) is 2. The molecule has 0 saturated carbocycles. The van der Waals surface area contributed by atoms with Crippen molar-refractivity contribution in [1.82, 2.24) is 98.0 Å². The third kappa shape index (κ3) is 15.2. The second kappa shape index (κ2) is 36.4. The van der Waals surface area contributed by atoms with Crippen LogP contribution in [-0.4, -0.2) is 259 Å². The first-order valence-corrected chi connectivity index (χ1v) is 44.9. The number of nitrogens with zero attached hydrogens (tertiary/aromatic N) is 18. The number of aliphatic hydroxyl groups is 12. The number of imidazole rings is 4. The molecule has 40 nitrogen and oxygen atoms in total. The maximum atomic E-state index is 18.3. The van der Waals surface area contributed by atoms with Gasteiger partial charge in [-0.15, -0.1) is 0 Å². The highest BCUT2D eigenvalue weighted by molar-refractivity contribution is 8.00. The molecule has 144 heavy (non-hydrogen) atoms. The van der Waals surface area contributed by atoms with Crippen LogP contribution in [-0.2, 0) is 18.9 Å². The SMILES string of the molecule is Nc1nc(Sc2c(F)c(F)c(-c3c4nc(c(-c5c(F)c(F)c(Sc6nc(N)nc7c6ncn7[C@@H]6O[C@H](CO)[C@@H](O)[C@H]6O)c(F)c5F)c5ccc([nH]5)c(-c5c(F)c(F)c(Sc6nc(N)nc7c6ncn7[C@@H]6O[C@H](CO)[C@@H](O)[C@H]6O)c(F)c5F)c5nc(c(-c6c(F)c(F)c(Sc7nc(N)nc8c7ncn8[C@@H]7O[C@H](CO)[C@@H](O)[C@H]7O)c(F)c6F)c6ccc3[nH]6)C=C5)C=C4)c(F)c2F)c2ncn([C@@H]3O[C@H](CO)[C@@H](O)[C@H]3O)c2n1. The topological polar surface area (TPSA) is 616 Å². The van der Waals surface area contributed by atoms with Gasteiger partial charge in [-0.05, 0) is 48.6 Å². The van der Waals surface area contributed by atoms with E-state index in [9.17, 15) is 61.3 Å². The summed E-state index contributed by atoms with van der Waals surface area (Å²) in [6, 6.07) is 2.72. The molecule has 4 fully saturated rings. The van der Waals surface area contributed by atoms with Gasteiger partial charge in [-0.25, -0.2) is 120 Å². The molecule has 0 unspecified atom stereocenters. The van der Waals surface area contributed by atoms with Gasteiger partial charge in [-0.1, -0.05) is 47.0 Å². The summed E-state index contributed by atoms with van der Waals surface area (Å²) in [5, 5.41) is 123. The van der Waals surface area contributed by atoms with Crippen molar-refractivity contribution in [2.75, 3.05) is 49.4 Å². The number of hydrogen-bond donors (Lipinski definition) is 18. The molecule has 6 aliphatic rings. The van der Waals surface area contributed by atoms with Gasteiger partial charge in [-0.3, -0.25) is 18.3 Å². The molecule has 16 atom stereocenters. The Morgan fingerprint density at radius 1 is 0.264 bits per heavy atom. The fourth-order valence-corrected chi connectivity index (χ4v) is 21.1. The fraction of sp³-hybridized carbons (Fsp3) is 0.238. The molecule has 17 heterocycles. The minimum atomic E-state index is -2.44. The van der Waals surface area contributed by atoms with Crippen molar-refractivity contribution in [3.63, 3.8) is 0 Å². The standard InChI is InChI=1S/C84H58F16N24O16S4/c85-37-33(38(86)46(94)65(45(37)93)141-73-53-69(113-81(101)117-73)121(13-105-53)77-61(133)57(129)25(9-125)137-77)29-17-1-2-18(109-17)30(34-39(87)47(95)66(48(96)40(34)88)142-74-54-70(114-82(102)118-74)122(14-106-54)78-62(134)58(130)26(10-126)138-78)20-5-6-22(111-20)32(36-43(91)51(99)68(52(100)44(36)92)144-76-56-72(116-84(104)120-76)124(16-108-56)80-64(136)60(132)28(12-128)140-80)24-8-7-23(112-24)31(21-4-3-19(29)110-21)35-41(89)49(97)67(50(98)42(35)90)143-75-55-71(115-83(103)119-75)123(15-107-55)79-63(135)59(131)27(11-127)139-79/h1-8,13-16,25-28,57-64,77-80,109,112,125-136H,9-12H2,(H2,101,113,117)(H2,102,114,118)(H2,103,115,119)(H2,104,116,120)/t25-,26-,27-,28-,57-,58-,59-,60-,61-,62-,63-,64-,77-,78-,79-,80-/m1/s1. The van der Waals surface area contributed by atoms with E-state index in [0.717, 1.165) is 43.6 Å². The highest BCUT2D eigenvalue weighted by Crippen LogP contribution is 2.52. The van der Waals surface area contributed by atoms with Gasteiger partial charge < -0.3 is 113 Å².